The predicted octanol–water partition coefficient (Wildman–Crippen LogP) is 0.941. The van der Waals surface area contributed by atoms with Crippen molar-refractivity contribution in [3.05, 3.63) is 0 Å². The number of hydrogen-bond donors (Lipinski definition) is 3. The van der Waals surface area contributed by atoms with Crippen LogP contribution in [0.5, 0.6) is 0 Å². The Balaban J connectivity index is 2.41. The zero-order chi connectivity index (χ0) is 15.9. The summed E-state index contributed by atoms with van der Waals surface area (Å²) in [6, 6.07) is -0.634. The molecule has 3 amide bonds. The fraction of sp³-hybridized carbons (Fsp3) is 0.786. The SMILES string of the molecule is CCC(C)(NC(=O)NCC(=O)N1CCCCCC1)C(=O)O. The summed E-state index contributed by atoms with van der Waals surface area (Å²) in [6.07, 6.45) is 4.50. The first kappa shape index (κ1) is 17.3. The van der Waals surface area contributed by atoms with Crippen LogP contribution in [0, 0.1) is 0 Å². The third-order valence-electron chi connectivity index (χ3n) is 3.93. The van der Waals surface area contributed by atoms with Gasteiger partial charge in [0, 0.05) is 13.1 Å². The van der Waals surface area contributed by atoms with Crippen molar-refractivity contribution in [2.45, 2.75) is 51.5 Å². The van der Waals surface area contributed by atoms with Crippen LogP contribution < -0.4 is 10.6 Å². The zero-order valence-electron chi connectivity index (χ0n) is 12.8. The first-order valence-corrected chi connectivity index (χ1v) is 7.46. The van der Waals surface area contributed by atoms with Gasteiger partial charge in [0.15, 0.2) is 0 Å². The summed E-state index contributed by atoms with van der Waals surface area (Å²) in [7, 11) is 0. The molecular formula is C14H25N3O4. The molecule has 0 aromatic carbocycles. The number of urea groups is 1. The molecule has 1 atom stereocenters. The molecule has 0 bridgehead atoms. The number of carboxylic acids is 1. The molecule has 21 heavy (non-hydrogen) atoms. The van der Waals surface area contributed by atoms with Gasteiger partial charge in [-0.25, -0.2) is 9.59 Å². The van der Waals surface area contributed by atoms with Crippen LogP contribution in [0.3, 0.4) is 0 Å². The maximum atomic E-state index is 12.0. The largest absolute Gasteiger partial charge is 0.480 e. The molecule has 3 N–H and O–H groups in total. The van der Waals surface area contributed by atoms with Crippen molar-refractivity contribution < 1.29 is 19.5 Å². The highest BCUT2D eigenvalue weighted by Crippen LogP contribution is 2.10. The Morgan fingerprint density at radius 3 is 2.19 bits per heavy atom. The van der Waals surface area contributed by atoms with Gasteiger partial charge in [0.1, 0.15) is 5.54 Å². The molecule has 0 radical (unpaired) electrons. The summed E-state index contributed by atoms with van der Waals surface area (Å²) in [6.45, 7) is 4.46. The number of carbonyl (C=O) groups excluding carboxylic acids is 2. The summed E-state index contributed by atoms with van der Waals surface area (Å²) in [5.74, 6) is -1.22. The van der Waals surface area contributed by atoms with Crippen LogP contribution in [0.4, 0.5) is 4.79 Å². The summed E-state index contributed by atoms with van der Waals surface area (Å²) in [5.41, 5.74) is -1.32. The Morgan fingerprint density at radius 2 is 1.71 bits per heavy atom. The normalized spacial score (nSPS) is 18.3. The number of rotatable bonds is 5. The summed E-state index contributed by atoms with van der Waals surface area (Å²) >= 11 is 0. The Kier molecular flexibility index (Phi) is 6.45. The minimum absolute atomic E-state index is 0.106. The number of nitrogens with one attached hydrogen (secondary N) is 2. The molecule has 1 aliphatic heterocycles. The predicted molar refractivity (Wildman–Crippen MR) is 77.9 cm³/mol. The van der Waals surface area contributed by atoms with Gasteiger partial charge in [-0.2, -0.15) is 0 Å². The van der Waals surface area contributed by atoms with E-state index in [-0.39, 0.29) is 18.9 Å². The second-order valence-corrected chi connectivity index (χ2v) is 5.59. The molecule has 0 saturated carbocycles. The molecule has 120 valence electrons. The van der Waals surface area contributed by atoms with Gasteiger partial charge in [-0.05, 0) is 26.2 Å². The van der Waals surface area contributed by atoms with Crippen molar-refractivity contribution in [1.29, 1.82) is 0 Å². The van der Waals surface area contributed by atoms with Crippen LogP contribution in [-0.2, 0) is 9.59 Å². The Hall–Kier alpha value is -1.79. The van der Waals surface area contributed by atoms with Gasteiger partial charge in [-0.15, -0.1) is 0 Å². The van der Waals surface area contributed by atoms with E-state index in [4.69, 9.17) is 5.11 Å². The van der Waals surface area contributed by atoms with Gasteiger partial charge >= 0.3 is 12.0 Å². The van der Waals surface area contributed by atoms with E-state index in [1.165, 1.54) is 6.92 Å². The lowest BCUT2D eigenvalue weighted by Crippen LogP contribution is -2.56. The standard InChI is InChI=1S/C14H25N3O4/c1-3-14(2,12(19)20)16-13(21)15-10-11(18)17-8-6-4-5-7-9-17/h3-10H2,1-2H3,(H,19,20)(H2,15,16,21). The quantitative estimate of drug-likeness (QED) is 0.703. The Bertz CT molecular complexity index is 392. The van der Waals surface area contributed by atoms with E-state index >= 15 is 0 Å². The molecule has 1 heterocycles. The molecular weight excluding hydrogens is 274 g/mol. The van der Waals surface area contributed by atoms with E-state index in [0.29, 0.717) is 0 Å². The Morgan fingerprint density at radius 1 is 1.14 bits per heavy atom. The van der Waals surface area contributed by atoms with Crippen LogP contribution in [-0.4, -0.2) is 53.1 Å². The van der Waals surface area contributed by atoms with Crippen LogP contribution in [0.1, 0.15) is 46.0 Å². The first-order valence-electron chi connectivity index (χ1n) is 7.46. The van der Waals surface area contributed by atoms with E-state index in [0.717, 1.165) is 38.8 Å². The third-order valence-corrected chi connectivity index (χ3v) is 3.93. The smallest absolute Gasteiger partial charge is 0.329 e. The summed E-state index contributed by atoms with van der Waals surface area (Å²) in [5, 5.41) is 13.9. The topological polar surface area (TPSA) is 98.7 Å². The van der Waals surface area contributed by atoms with Crippen molar-refractivity contribution in [2.24, 2.45) is 0 Å². The van der Waals surface area contributed by atoms with Crippen LogP contribution in [0.15, 0.2) is 0 Å². The number of amides is 3. The highest BCUT2D eigenvalue weighted by atomic mass is 16.4. The lowest BCUT2D eigenvalue weighted by molar-refractivity contribution is -0.143. The second kappa shape index (κ2) is 7.85. The maximum Gasteiger partial charge on any atom is 0.329 e. The minimum Gasteiger partial charge on any atom is -0.480 e. The van der Waals surface area contributed by atoms with Crippen LogP contribution in [0.25, 0.3) is 0 Å². The second-order valence-electron chi connectivity index (χ2n) is 5.59. The van der Waals surface area contributed by atoms with Crippen molar-refractivity contribution in [2.75, 3.05) is 19.6 Å². The monoisotopic (exact) mass is 299 g/mol. The number of likely N-dealkylation sites (tertiary alicyclic amines) is 1. The van der Waals surface area contributed by atoms with Crippen molar-refractivity contribution >= 4 is 17.9 Å². The van der Waals surface area contributed by atoms with Crippen molar-refractivity contribution in [3.8, 4) is 0 Å². The number of carboxylic acid groups (broad SMARTS) is 1. The molecule has 1 saturated heterocycles. The number of carbonyl (C=O) groups is 3. The molecule has 1 unspecified atom stereocenters. The van der Waals surface area contributed by atoms with E-state index in [9.17, 15) is 14.4 Å². The number of aliphatic carboxylic acids is 1. The zero-order valence-corrected chi connectivity index (χ0v) is 12.8. The maximum absolute atomic E-state index is 12.0. The first-order chi connectivity index (χ1) is 9.89. The molecule has 7 nitrogen and oxygen atoms in total. The van der Waals surface area contributed by atoms with E-state index in [2.05, 4.69) is 10.6 Å². The summed E-state index contributed by atoms with van der Waals surface area (Å²) in [4.78, 5) is 36.6. The average Bonchev–Trinajstić information content (AvgIpc) is 2.73. The minimum atomic E-state index is -1.32. The molecule has 0 aromatic heterocycles. The highest BCUT2D eigenvalue weighted by molar-refractivity contribution is 5.88. The molecule has 0 spiro atoms. The summed E-state index contributed by atoms with van der Waals surface area (Å²) < 4.78 is 0. The van der Waals surface area contributed by atoms with E-state index < -0.39 is 17.5 Å². The number of hydrogen-bond acceptors (Lipinski definition) is 3. The van der Waals surface area contributed by atoms with E-state index in [1.54, 1.807) is 11.8 Å². The lowest BCUT2D eigenvalue weighted by atomic mass is 10.00. The molecule has 1 rings (SSSR count). The molecule has 7 heteroatoms. The number of nitrogens with zero attached hydrogens (tertiary/aromatic N) is 1. The van der Waals surface area contributed by atoms with E-state index in [1.807, 2.05) is 0 Å². The van der Waals surface area contributed by atoms with Gasteiger partial charge in [0.25, 0.3) is 0 Å². The average molecular weight is 299 g/mol. The fourth-order valence-electron chi connectivity index (χ4n) is 2.18. The van der Waals surface area contributed by atoms with Gasteiger partial charge in [-0.1, -0.05) is 19.8 Å². The van der Waals surface area contributed by atoms with Crippen molar-refractivity contribution in [1.82, 2.24) is 15.5 Å². The van der Waals surface area contributed by atoms with Gasteiger partial charge in [0.05, 0.1) is 6.54 Å². The Labute approximate surface area is 125 Å². The third kappa shape index (κ3) is 5.24. The molecule has 1 fully saturated rings. The van der Waals surface area contributed by atoms with Crippen LogP contribution >= 0.6 is 0 Å². The van der Waals surface area contributed by atoms with Crippen LogP contribution in [0.2, 0.25) is 0 Å². The van der Waals surface area contributed by atoms with Gasteiger partial charge in [-0.3, -0.25) is 4.79 Å². The molecule has 0 aliphatic carbocycles. The van der Waals surface area contributed by atoms with Gasteiger partial charge in [0.2, 0.25) is 5.91 Å². The highest BCUT2D eigenvalue weighted by Gasteiger charge is 2.32. The lowest BCUT2D eigenvalue weighted by Gasteiger charge is -2.25. The van der Waals surface area contributed by atoms with Gasteiger partial charge < -0.3 is 20.6 Å². The van der Waals surface area contributed by atoms with Crippen molar-refractivity contribution in [3.63, 3.8) is 0 Å². The molecule has 1 aliphatic rings. The fourth-order valence-corrected chi connectivity index (χ4v) is 2.18. The molecule has 0 aromatic rings.